The highest BCUT2D eigenvalue weighted by atomic mass is 19.4. The average molecular weight is 372 g/mol. The molecular weight excluding hydrogens is 353 g/mol. The van der Waals surface area contributed by atoms with Gasteiger partial charge < -0.3 is 5.32 Å². The van der Waals surface area contributed by atoms with Crippen molar-refractivity contribution in [3.05, 3.63) is 71.7 Å². The summed E-state index contributed by atoms with van der Waals surface area (Å²) in [6.45, 7) is 1.57. The SMILES string of the molecule is FC(F)(F)c1ccc(C2CNCC(c3cc(-c4cccnc4)n[nH]3)C2)cc1. The largest absolute Gasteiger partial charge is 0.416 e. The van der Waals surface area contributed by atoms with Gasteiger partial charge >= 0.3 is 6.18 Å². The molecule has 1 fully saturated rings. The van der Waals surface area contributed by atoms with Crippen LogP contribution in [0.25, 0.3) is 11.3 Å². The lowest BCUT2D eigenvalue weighted by atomic mass is 9.84. The highest BCUT2D eigenvalue weighted by Gasteiger charge is 2.31. The molecule has 0 saturated carbocycles. The van der Waals surface area contributed by atoms with Gasteiger partial charge in [-0.25, -0.2) is 0 Å². The Morgan fingerprint density at radius 1 is 1.00 bits per heavy atom. The Labute approximate surface area is 154 Å². The van der Waals surface area contributed by atoms with Gasteiger partial charge in [0.2, 0.25) is 0 Å². The Kier molecular flexibility index (Phi) is 4.70. The second-order valence-corrected chi connectivity index (χ2v) is 6.86. The van der Waals surface area contributed by atoms with Gasteiger partial charge in [0.05, 0.1) is 11.3 Å². The van der Waals surface area contributed by atoms with E-state index >= 15 is 0 Å². The molecule has 1 aliphatic heterocycles. The minimum Gasteiger partial charge on any atom is -0.315 e. The van der Waals surface area contributed by atoms with Crippen LogP contribution in [0.2, 0.25) is 0 Å². The molecule has 27 heavy (non-hydrogen) atoms. The summed E-state index contributed by atoms with van der Waals surface area (Å²) in [4.78, 5) is 4.11. The van der Waals surface area contributed by atoms with Crippen LogP contribution >= 0.6 is 0 Å². The van der Waals surface area contributed by atoms with E-state index in [2.05, 4.69) is 20.5 Å². The first-order valence-corrected chi connectivity index (χ1v) is 8.84. The second-order valence-electron chi connectivity index (χ2n) is 6.86. The molecule has 140 valence electrons. The molecular formula is C20H19F3N4. The fourth-order valence-corrected chi connectivity index (χ4v) is 3.58. The molecule has 0 bridgehead atoms. The number of alkyl halides is 3. The van der Waals surface area contributed by atoms with Crippen molar-refractivity contribution in [2.45, 2.75) is 24.4 Å². The molecule has 0 amide bonds. The van der Waals surface area contributed by atoms with Gasteiger partial charge in [-0.15, -0.1) is 0 Å². The van der Waals surface area contributed by atoms with Crippen molar-refractivity contribution in [2.75, 3.05) is 13.1 Å². The van der Waals surface area contributed by atoms with Crippen molar-refractivity contribution in [1.82, 2.24) is 20.5 Å². The van der Waals surface area contributed by atoms with Gasteiger partial charge in [-0.2, -0.15) is 18.3 Å². The number of hydrogen-bond acceptors (Lipinski definition) is 3. The van der Waals surface area contributed by atoms with Crippen molar-refractivity contribution in [1.29, 1.82) is 0 Å². The highest BCUT2D eigenvalue weighted by molar-refractivity contribution is 5.57. The molecule has 0 radical (unpaired) electrons. The summed E-state index contributed by atoms with van der Waals surface area (Å²) in [5, 5.41) is 10.9. The third-order valence-electron chi connectivity index (χ3n) is 5.05. The highest BCUT2D eigenvalue weighted by Crippen LogP contribution is 2.35. The zero-order chi connectivity index (χ0) is 18.9. The van der Waals surface area contributed by atoms with Gasteiger partial charge in [-0.1, -0.05) is 12.1 Å². The zero-order valence-corrected chi connectivity index (χ0v) is 14.5. The molecule has 2 aromatic heterocycles. The van der Waals surface area contributed by atoms with E-state index in [4.69, 9.17) is 0 Å². The Morgan fingerprint density at radius 3 is 2.48 bits per heavy atom. The van der Waals surface area contributed by atoms with Crippen LogP contribution in [-0.4, -0.2) is 28.3 Å². The molecule has 4 nitrogen and oxygen atoms in total. The summed E-state index contributed by atoms with van der Waals surface area (Å²) in [6.07, 6.45) is 0.0401. The van der Waals surface area contributed by atoms with Crippen LogP contribution in [0.5, 0.6) is 0 Å². The number of nitrogens with one attached hydrogen (secondary N) is 2. The fraction of sp³-hybridized carbons (Fsp3) is 0.300. The maximum absolute atomic E-state index is 12.8. The van der Waals surface area contributed by atoms with E-state index in [1.54, 1.807) is 24.5 Å². The Morgan fingerprint density at radius 2 is 1.78 bits per heavy atom. The van der Waals surface area contributed by atoms with Gasteiger partial charge in [0.1, 0.15) is 0 Å². The first kappa shape index (κ1) is 17.7. The average Bonchev–Trinajstić information content (AvgIpc) is 3.19. The van der Waals surface area contributed by atoms with E-state index in [9.17, 15) is 13.2 Å². The van der Waals surface area contributed by atoms with E-state index in [0.717, 1.165) is 54.2 Å². The molecule has 1 saturated heterocycles. The molecule has 7 heteroatoms. The summed E-state index contributed by atoms with van der Waals surface area (Å²) in [6, 6.07) is 11.4. The lowest BCUT2D eigenvalue weighted by Crippen LogP contribution is -2.34. The number of aromatic amines is 1. The lowest BCUT2D eigenvalue weighted by Gasteiger charge is -2.29. The van der Waals surface area contributed by atoms with Crippen molar-refractivity contribution in [2.24, 2.45) is 0 Å². The third kappa shape index (κ3) is 3.88. The van der Waals surface area contributed by atoms with Crippen molar-refractivity contribution < 1.29 is 13.2 Å². The molecule has 0 spiro atoms. The first-order valence-electron chi connectivity index (χ1n) is 8.84. The van der Waals surface area contributed by atoms with Gasteiger partial charge in [0.25, 0.3) is 0 Å². The summed E-state index contributed by atoms with van der Waals surface area (Å²) >= 11 is 0. The number of hydrogen-bond donors (Lipinski definition) is 2. The van der Waals surface area contributed by atoms with Crippen LogP contribution in [0.3, 0.4) is 0 Å². The van der Waals surface area contributed by atoms with Gasteiger partial charge in [-0.3, -0.25) is 10.1 Å². The van der Waals surface area contributed by atoms with E-state index in [1.807, 2.05) is 18.2 Å². The van der Waals surface area contributed by atoms with Crippen LogP contribution in [0, 0.1) is 0 Å². The summed E-state index contributed by atoms with van der Waals surface area (Å²) in [7, 11) is 0. The number of piperidine rings is 1. The number of H-pyrrole nitrogens is 1. The van der Waals surface area contributed by atoms with Crippen molar-refractivity contribution in [3.8, 4) is 11.3 Å². The number of benzene rings is 1. The number of aromatic nitrogens is 3. The van der Waals surface area contributed by atoms with Crippen LogP contribution in [-0.2, 0) is 6.18 Å². The molecule has 3 aromatic rings. The number of nitrogens with zero attached hydrogens (tertiary/aromatic N) is 2. The molecule has 1 aliphatic rings. The quantitative estimate of drug-likeness (QED) is 0.719. The molecule has 2 N–H and O–H groups in total. The third-order valence-corrected chi connectivity index (χ3v) is 5.05. The maximum atomic E-state index is 12.8. The molecule has 2 unspecified atom stereocenters. The number of halogens is 3. The lowest BCUT2D eigenvalue weighted by molar-refractivity contribution is -0.137. The van der Waals surface area contributed by atoms with Gasteiger partial charge in [-0.05, 0) is 48.2 Å². The summed E-state index contributed by atoms with van der Waals surface area (Å²) < 4.78 is 38.3. The van der Waals surface area contributed by atoms with E-state index in [-0.39, 0.29) is 11.8 Å². The van der Waals surface area contributed by atoms with Crippen LogP contribution < -0.4 is 5.32 Å². The molecule has 3 heterocycles. The topological polar surface area (TPSA) is 53.6 Å². The molecule has 4 rings (SSSR count). The smallest absolute Gasteiger partial charge is 0.315 e. The predicted octanol–water partition coefficient (Wildman–Crippen LogP) is 4.35. The Bertz CT molecular complexity index is 888. The predicted molar refractivity (Wildman–Crippen MR) is 96.2 cm³/mol. The minimum atomic E-state index is -4.30. The number of rotatable bonds is 3. The van der Waals surface area contributed by atoms with Crippen LogP contribution in [0.4, 0.5) is 13.2 Å². The molecule has 0 aliphatic carbocycles. The fourth-order valence-electron chi connectivity index (χ4n) is 3.58. The standard InChI is InChI=1S/C20H19F3N4/c21-20(22,23)17-5-3-13(4-6-17)15-8-16(12-25-11-15)19-9-18(26-27-19)14-2-1-7-24-10-14/h1-7,9-10,15-16,25H,8,11-12H2,(H,26,27). The van der Waals surface area contributed by atoms with Gasteiger partial charge in [0.15, 0.2) is 0 Å². The van der Waals surface area contributed by atoms with Crippen molar-refractivity contribution in [3.63, 3.8) is 0 Å². The number of pyridine rings is 1. The summed E-state index contributed by atoms with van der Waals surface area (Å²) in [5.41, 5.74) is 3.13. The Balaban J connectivity index is 1.49. The van der Waals surface area contributed by atoms with E-state index < -0.39 is 11.7 Å². The monoisotopic (exact) mass is 372 g/mol. The second kappa shape index (κ2) is 7.15. The maximum Gasteiger partial charge on any atom is 0.416 e. The molecule has 1 aromatic carbocycles. The normalized spacial score (nSPS) is 20.6. The minimum absolute atomic E-state index is 0.163. The van der Waals surface area contributed by atoms with E-state index in [0.29, 0.717) is 0 Å². The van der Waals surface area contributed by atoms with Crippen LogP contribution in [0.15, 0.2) is 54.9 Å². The van der Waals surface area contributed by atoms with Crippen LogP contribution in [0.1, 0.15) is 35.1 Å². The van der Waals surface area contributed by atoms with Gasteiger partial charge in [0, 0.05) is 42.7 Å². The Hall–Kier alpha value is -2.67. The first-order chi connectivity index (χ1) is 13.0. The zero-order valence-electron chi connectivity index (χ0n) is 14.5. The molecule has 2 atom stereocenters. The van der Waals surface area contributed by atoms with Crippen molar-refractivity contribution >= 4 is 0 Å². The summed E-state index contributed by atoms with van der Waals surface area (Å²) in [5.74, 6) is 0.389. The van der Waals surface area contributed by atoms with E-state index in [1.165, 1.54) is 0 Å².